The van der Waals surface area contributed by atoms with Crippen molar-refractivity contribution in [1.82, 2.24) is 9.97 Å². The third-order valence-corrected chi connectivity index (χ3v) is 7.12. The van der Waals surface area contributed by atoms with E-state index in [1.54, 1.807) is 0 Å². The zero-order valence-electron chi connectivity index (χ0n) is 25.6. The fraction of sp³-hybridized carbons (Fsp3) is 0.306. The monoisotopic (exact) mass is 594 g/mol. The number of unbranched alkanes of at least 4 members (excludes halogenated alkanes) is 2. The molecule has 0 unspecified atom stereocenters. The number of benzene rings is 3. The maximum Gasteiger partial charge on any atom is 0.338 e. The minimum atomic E-state index is -0.316. The molecule has 0 fully saturated rings. The second kappa shape index (κ2) is 17.6. The fourth-order valence-corrected chi connectivity index (χ4v) is 4.75. The number of aryl methyl sites for hydroxylation is 1. The molecule has 230 valence electrons. The van der Waals surface area contributed by atoms with E-state index in [1.807, 2.05) is 73.7 Å². The van der Waals surface area contributed by atoms with Gasteiger partial charge in [0, 0.05) is 37.1 Å². The van der Waals surface area contributed by atoms with E-state index in [4.69, 9.17) is 14.6 Å². The zero-order valence-corrected chi connectivity index (χ0v) is 25.6. The number of nitrogens with one attached hydrogen (secondary N) is 2. The molecule has 0 aliphatic carbocycles. The Bertz CT molecular complexity index is 1630. The first-order valence-corrected chi connectivity index (χ1v) is 15.1. The molecule has 44 heavy (non-hydrogen) atoms. The van der Waals surface area contributed by atoms with Crippen molar-refractivity contribution in [2.45, 2.75) is 39.2 Å². The summed E-state index contributed by atoms with van der Waals surface area (Å²) in [5, 5.41) is 17.6. The second-order valence-corrected chi connectivity index (χ2v) is 10.4. The number of aliphatic hydroxyl groups excluding tert-OH is 1. The van der Waals surface area contributed by atoms with Gasteiger partial charge in [-0.1, -0.05) is 54.6 Å². The maximum absolute atomic E-state index is 12.0. The number of esters is 1. The summed E-state index contributed by atoms with van der Waals surface area (Å²) in [6, 6.07) is 30.0. The SMILES string of the molecule is COC(=O)c1c(C)cccc1COCCCCNc1ccc2ccccc2n1.OCCCCNc1ccc2ccccc2n1. The van der Waals surface area contributed by atoms with E-state index < -0.39 is 0 Å². The van der Waals surface area contributed by atoms with Crippen LogP contribution in [0.5, 0.6) is 0 Å². The largest absolute Gasteiger partial charge is 0.465 e. The number of hydrogen-bond acceptors (Lipinski definition) is 8. The average Bonchev–Trinajstić information content (AvgIpc) is 3.06. The van der Waals surface area contributed by atoms with E-state index in [9.17, 15) is 4.79 Å². The Kier molecular flexibility index (Phi) is 12.9. The minimum absolute atomic E-state index is 0.257. The normalized spacial score (nSPS) is 10.7. The maximum atomic E-state index is 12.0. The van der Waals surface area contributed by atoms with Crippen molar-refractivity contribution in [2.24, 2.45) is 0 Å². The Morgan fingerprint density at radius 1 is 0.727 bits per heavy atom. The Labute approximate surface area is 259 Å². The summed E-state index contributed by atoms with van der Waals surface area (Å²) in [6.07, 6.45) is 3.71. The van der Waals surface area contributed by atoms with Crippen LogP contribution in [-0.4, -0.2) is 54.5 Å². The van der Waals surface area contributed by atoms with Crippen molar-refractivity contribution in [3.05, 3.63) is 108 Å². The minimum Gasteiger partial charge on any atom is -0.465 e. The predicted octanol–water partition coefficient (Wildman–Crippen LogP) is 7.16. The van der Waals surface area contributed by atoms with Crippen LogP contribution in [0.15, 0.2) is 91.0 Å². The number of aromatic nitrogens is 2. The number of hydrogen-bond donors (Lipinski definition) is 3. The molecule has 0 atom stereocenters. The van der Waals surface area contributed by atoms with Crippen LogP contribution < -0.4 is 10.6 Å². The van der Waals surface area contributed by atoms with Crippen molar-refractivity contribution in [2.75, 3.05) is 44.0 Å². The summed E-state index contributed by atoms with van der Waals surface area (Å²) in [5.74, 6) is 1.47. The Balaban J connectivity index is 0.000000233. The summed E-state index contributed by atoms with van der Waals surface area (Å²) < 4.78 is 10.6. The van der Waals surface area contributed by atoms with Gasteiger partial charge in [0.2, 0.25) is 0 Å². The van der Waals surface area contributed by atoms with Gasteiger partial charge >= 0.3 is 5.97 Å². The van der Waals surface area contributed by atoms with Crippen molar-refractivity contribution >= 4 is 39.4 Å². The molecule has 3 aromatic carbocycles. The Hall–Kier alpha value is -4.53. The van der Waals surface area contributed by atoms with Crippen LogP contribution in [0.25, 0.3) is 21.8 Å². The lowest BCUT2D eigenvalue weighted by Crippen LogP contribution is -2.10. The highest BCUT2D eigenvalue weighted by Gasteiger charge is 2.14. The molecule has 3 N–H and O–H groups in total. The van der Waals surface area contributed by atoms with Crippen LogP contribution >= 0.6 is 0 Å². The number of carbonyl (C=O) groups is 1. The van der Waals surface area contributed by atoms with Crippen LogP contribution in [-0.2, 0) is 16.1 Å². The molecule has 0 aliphatic rings. The van der Waals surface area contributed by atoms with Crippen molar-refractivity contribution < 1.29 is 19.4 Å². The molecular formula is C36H42N4O4. The number of carbonyl (C=O) groups excluding carboxylic acids is 1. The molecule has 0 radical (unpaired) electrons. The van der Waals surface area contributed by atoms with Gasteiger partial charge in [-0.3, -0.25) is 0 Å². The quantitative estimate of drug-likeness (QED) is 0.0919. The lowest BCUT2D eigenvalue weighted by atomic mass is 10.0. The summed E-state index contributed by atoms with van der Waals surface area (Å²) in [5.41, 5.74) is 4.38. The lowest BCUT2D eigenvalue weighted by Gasteiger charge is -2.11. The topological polar surface area (TPSA) is 106 Å². The number of pyridine rings is 2. The standard InChI is InChI=1S/C23H26N2O3.C13H16N2O/c1-17-8-7-10-19(22(17)23(26)27-2)16-28-15-6-5-14-24-21-13-12-18-9-3-4-11-20(18)25-21;16-10-4-3-9-14-13-8-7-11-5-1-2-6-12(11)15-13/h3-4,7-13H,5-6,14-16H2,1-2H3,(H,24,25);1-2,5-8,16H,3-4,9-10H2,(H,14,15). The second-order valence-electron chi connectivity index (χ2n) is 10.4. The van der Waals surface area contributed by atoms with Crippen molar-refractivity contribution in [3.8, 4) is 0 Å². The van der Waals surface area contributed by atoms with Gasteiger partial charge in [0.15, 0.2) is 0 Å². The number of fused-ring (bicyclic) bond motifs is 2. The molecule has 5 rings (SSSR count). The van der Waals surface area contributed by atoms with E-state index in [2.05, 4.69) is 44.9 Å². The van der Waals surface area contributed by atoms with E-state index >= 15 is 0 Å². The fourth-order valence-electron chi connectivity index (χ4n) is 4.75. The molecule has 8 heteroatoms. The third-order valence-electron chi connectivity index (χ3n) is 7.12. The van der Waals surface area contributed by atoms with E-state index in [1.165, 1.54) is 7.11 Å². The highest BCUT2D eigenvalue weighted by molar-refractivity contribution is 5.92. The molecule has 5 aromatic rings. The number of para-hydroxylation sites is 2. The molecule has 0 saturated carbocycles. The van der Waals surface area contributed by atoms with Crippen LogP contribution in [0.3, 0.4) is 0 Å². The molecule has 0 spiro atoms. The number of rotatable bonds is 14. The Morgan fingerprint density at radius 2 is 1.32 bits per heavy atom. The van der Waals surface area contributed by atoms with Gasteiger partial charge in [0.1, 0.15) is 11.6 Å². The first-order valence-electron chi connectivity index (χ1n) is 15.1. The van der Waals surface area contributed by atoms with Crippen LogP contribution in [0.1, 0.15) is 47.2 Å². The summed E-state index contributed by atoms with van der Waals surface area (Å²) in [6.45, 7) is 4.90. The van der Waals surface area contributed by atoms with Crippen molar-refractivity contribution in [1.29, 1.82) is 0 Å². The first kappa shape index (κ1) is 32.4. The van der Waals surface area contributed by atoms with E-state index in [0.717, 1.165) is 83.3 Å². The molecule has 2 heterocycles. The number of nitrogens with zero attached hydrogens (tertiary/aromatic N) is 2. The summed E-state index contributed by atoms with van der Waals surface area (Å²) in [4.78, 5) is 21.1. The number of methoxy groups -OCH3 is 1. The lowest BCUT2D eigenvalue weighted by molar-refractivity contribution is 0.0591. The molecular weight excluding hydrogens is 552 g/mol. The van der Waals surface area contributed by atoms with E-state index in [0.29, 0.717) is 18.8 Å². The van der Waals surface area contributed by atoms with E-state index in [-0.39, 0.29) is 12.6 Å². The van der Waals surface area contributed by atoms with Gasteiger partial charge in [0.25, 0.3) is 0 Å². The van der Waals surface area contributed by atoms with Gasteiger partial charge in [-0.15, -0.1) is 0 Å². The summed E-state index contributed by atoms with van der Waals surface area (Å²) in [7, 11) is 1.40. The van der Waals surface area contributed by atoms with Gasteiger partial charge in [0.05, 0.1) is 30.3 Å². The van der Waals surface area contributed by atoms with Crippen molar-refractivity contribution in [3.63, 3.8) is 0 Å². The number of ether oxygens (including phenoxy) is 2. The van der Waals surface area contributed by atoms with Gasteiger partial charge in [-0.2, -0.15) is 0 Å². The molecule has 0 amide bonds. The highest BCUT2D eigenvalue weighted by Crippen LogP contribution is 2.18. The van der Waals surface area contributed by atoms with Crippen LogP contribution in [0.4, 0.5) is 11.6 Å². The third kappa shape index (κ3) is 9.76. The first-order chi connectivity index (χ1) is 21.6. The molecule has 0 saturated heterocycles. The smallest absolute Gasteiger partial charge is 0.338 e. The molecule has 8 nitrogen and oxygen atoms in total. The predicted molar refractivity (Wildman–Crippen MR) is 178 cm³/mol. The zero-order chi connectivity index (χ0) is 31.0. The van der Waals surface area contributed by atoms with Gasteiger partial charge in [-0.25, -0.2) is 14.8 Å². The Morgan fingerprint density at radius 3 is 1.91 bits per heavy atom. The van der Waals surface area contributed by atoms with Gasteiger partial charge < -0.3 is 25.2 Å². The molecule has 0 aliphatic heterocycles. The highest BCUT2D eigenvalue weighted by atomic mass is 16.5. The van der Waals surface area contributed by atoms with Crippen LogP contribution in [0.2, 0.25) is 0 Å². The number of aliphatic hydroxyl groups is 1. The summed E-state index contributed by atoms with van der Waals surface area (Å²) >= 11 is 0. The van der Waals surface area contributed by atoms with Gasteiger partial charge in [-0.05, 0) is 80.1 Å². The molecule has 2 aromatic heterocycles. The molecule has 0 bridgehead atoms. The van der Waals surface area contributed by atoms with Crippen LogP contribution in [0, 0.1) is 6.92 Å². The number of anilines is 2. The average molecular weight is 595 g/mol.